The van der Waals surface area contributed by atoms with Gasteiger partial charge in [0.1, 0.15) is 0 Å². The van der Waals surface area contributed by atoms with Crippen LogP contribution in [0.2, 0.25) is 0 Å². The average molecular weight is 616 g/mol. The number of aromatic nitrogens is 5. The normalized spacial score (nSPS) is 10.9. The van der Waals surface area contributed by atoms with E-state index in [0.29, 0.717) is 5.82 Å². The van der Waals surface area contributed by atoms with Crippen LogP contribution in [-0.2, 0) is 0 Å². The number of hydrogen-bond donors (Lipinski definition) is 0. The topological polar surface area (TPSA) is 64.5 Å². The van der Waals surface area contributed by atoms with Crippen LogP contribution < -0.4 is 0 Å². The van der Waals surface area contributed by atoms with E-state index in [9.17, 15) is 0 Å². The lowest BCUT2D eigenvalue weighted by atomic mass is 9.98. The van der Waals surface area contributed by atoms with Crippen molar-refractivity contribution < 1.29 is 0 Å². The van der Waals surface area contributed by atoms with Crippen molar-refractivity contribution in [2.45, 2.75) is 0 Å². The third-order valence-electron chi connectivity index (χ3n) is 8.24. The van der Waals surface area contributed by atoms with E-state index in [1.165, 1.54) is 0 Å². The zero-order valence-corrected chi connectivity index (χ0v) is 26.0. The Bertz CT molecular complexity index is 2010. The summed E-state index contributed by atoms with van der Waals surface area (Å²) in [6, 6.07) is 55.6. The first-order chi connectivity index (χ1) is 23.8. The molecule has 48 heavy (non-hydrogen) atoms. The molecule has 5 heteroatoms. The highest BCUT2D eigenvalue weighted by Crippen LogP contribution is 2.32. The second kappa shape index (κ2) is 13.0. The van der Waals surface area contributed by atoms with Crippen molar-refractivity contribution in [2.75, 3.05) is 0 Å². The number of hydrogen-bond acceptors (Lipinski definition) is 5. The molecule has 4 aromatic heterocycles. The molecule has 0 N–H and O–H groups in total. The second-order valence-corrected chi connectivity index (χ2v) is 11.4. The monoisotopic (exact) mass is 615 g/mol. The molecule has 0 aliphatic carbocycles. The molecular weight excluding hydrogens is 587 g/mol. The van der Waals surface area contributed by atoms with Gasteiger partial charge in [-0.1, -0.05) is 121 Å². The van der Waals surface area contributed by atoms with E-state index in [1.807, 2.05) is 72.8 Å². The summed E-state index contributed by atoms with van der Waals surface area (Å²) in [5, 5.41) is 0. The summed E-state index contributed by atoms with van der Waals surface area (Å²) >= 11 is 0. The van der Waals surface area contributed by atoms with E-state index < -0.39 is 0 Å². The summed E-state index contributed by atoms with van der Waals surface area (Å²) < 4.78 is 0. The maximum Gasteiger partial charge on any atom is 0.160 e. The van der Waals surface area contributed by atoms with E-state index in [2.05, 4.69) is 101 Å². The maximum atomic E-state index is 4.98. The minimum absolute atomic E-state index is 0.696. The highest BCUT2D eigenvalue weighted by Gasteiger charge is 2.13. The Morgan fingerprint density at radius 1 is 0.250 bits per heavy atom. The van der Waals surface area contributed by atoms with Gasteiger partial charge in [0.2, 0.25) is 0 Å². The van der Waals surface area contributed by atoms with Gasteiger partial charge >= 0.3 is 0 Å². The van der Waals surface area contributed by atoms with E-state index in [1.54, 1.807) is 12.4 Å². The van der Waals surface area contributed by atoms with Gasteiger partial charge in [-0.05, 0) is 64.7 Å². The second-order valence-electron chi connectivity index (χ2n) is 11.4. The lowest BCUT2D eigenvalue weighted by Crippen LogP contribution is -1.96. The van der Waals surface area contributed by atoms with Crippen LogP contribution in [0.25, 0.3) is 78.9 Å². The van der Waals surface area contributed by atoms with Crippen LogP contribution in [0.1, 0.15) is 0 Å². The van der Waals surface area contributed by atoms with Crippen LogP contribution in [0.15, 0.2) is 176 Å². The van der Waals surface area contributed by atoms with Crippen molar-refractivity contribution in [2.24, 2.45) is 0 Å². The van der Waals surface area contributed by atoms with Gasteiger partial charge in [-0.2, -0.15) is 0 Å². The fourth-order valence-electron chi connectivity index (χ4n) is 5.75. The molecule has 0 spiro atoms. The van der Waals surface area contributed by atoms with Gasteiger partial charge in [-0.3, -0.25) is 9.97 Å². The molecule has 0 atom stereocenters. The zero-order valence-electron chi connectivity index (χ0n) is 26.0. The molecule has 0 unspecified atom stereocenters. The molecule has 8 aromatic rings. The summed E-state index contributed by atoms with van der Waals surface area (Å²) in [5.41, 5.74) is 12.5. The number of benzene rings is 4. The van der Waals surface area contributed by atoms with Crippen molar-refractivity contribution in [1.29, 1.82) is 0 Å². The van der Waals surface area contributed by atoms with Gasteiger partial charge in [0.25, 0.3) is 0 Å². The smallest absolute Gasteiger partial charge is 0.160 e. The average Bonchev–Trinajstić information content (AvgIpc) is 3.19. The third kappa shape index (κ3) is 6.13. The molecule has 0 saturated carbocycles. The molecule has 0 aliphatic rings. The standard InChI is InChI=1S/C43H29N5/c1-3-11-33(12-4-1)39-29-40(34-13-5-2-6-14-34)48-43(47-39)35-23-21-31(22-24-35)30-17-19-32(20-18-30)36-27-41(37-15-7-9-25-44-37)46-42(28-36)38-16-8-10-26-45-38/h1-29H. The van der Waals surface area contributed by atoms with Gasteiger partial charge in [0, 0.05) is 29.1 Å². The zero-order chi connectivity index (χ0) is 32.1. The number of rotatable bonds is 7. The van der Waals surface area contributed by atoms with Crippen molar-refractivity contribution in [3.05, 3.63) is 176 Å². The Kier molecular flexibility index (Phi) is 7.83. The van der Waals surface area contributed by atoms with Crippen molar-refractivity contribution in [1.82, 2.24) is 24.9 Å². The van der Waals surface area contributed by atoms with Gasteiger partial charge in [-0.25, -0.2) is 15.0 Å². The van der Waals surface area contributed by atoms with E-state index in [4.69, 9.17) is 15.0 Å². The molecule has 0 aliphatic heterocycles. The van der Waals surface area contributed by atoms with Gasteiger partial charge in [-0.15, -0.1) is 0 Å². The van der Waals surface area contributed by atoms with E-state index in [0.717, 1.165) is 73.1 Å². The molecule has 4 heterocycles. The molecule has 5 nitrogen and oxygen atoms in total. The lowest BCUT2D eigenvalue weighted by molar-refractivity contribution is 1.18. The molecule has 8 rings (SSSR count). The van der Waals surface area contributed by atoms with Crippen molar-refractivity contribution in [3.8, 4) is 78.9 Å². The van der Waals surface area contributed by atoms with Gasteiger partial charge < -0.3 is 0 Å². The van der Waals surface area contributed by atoms with Crippen LogP contribution in [0.4, 0.5) is 0 Å². The quantitative estimate of drug-likeness (QED) is 0.178. The molecule has 0 bridgehead atoms. The largest absolute Gasteiger partial charge is 0.255 e. The van der Waals surface area contributed by atoms with Crippen LogP contribution in [0.3, 0.4) is 0 Å². The predicted octanol–water partition coefficient (Wildman–Crippen LogP) is 10.3. The lowest BCUT2D eigenvalue weighted by Gasteiger charge is -2.11. The first kappa shape index (κ1) is 28.9. The number of pyridine rings is 3. The Hall–Kier alpha value is -6.59. The summed E-state index contributed by atoms with van der Waals surface area (Å²) in [7, 11) is 0. The highest BCUT2D eigenvalue weighted by atomic mass is 14.9. The van der Waals surface area contributed by atoms with Crippen LogP contribution in [-0.4, -0.2) is 24.9 Å². The fourth-order valence-corrected chi connectivity index (χ4v) is 5.75. The Balaban J connectivity index is 1.11. The molecular formula is C43H29N5. The van der Waals surface area contributed by atoms with Crippen LogP contribution in [0.5, 0.6) is 0 Å². The molecule has 0 amide bonds. The summed E-state index contributed by atoms with van der Waals surface area (Å²) in [6.07, 6.45) is 3.58. The Morgan fingerprint density at radius 2 is 0.667 bits per heavy atom. The van der Waals surface area contributed by atoms with Crippen LogP contribution in [0, 0.1) is 0 Å². The summed E-state index contributed by atoms with van der Waals surface area (Å²) in [4.78, 5) is 24.0. The molecule has 226 valence electrons. The number of nitrogens with zero attached hydrogens (tertiary/aromatic N) is 5. The summed E-state index contributed by atoms with van der Waals surface area (Å²) in [6.45, 7) is 0. The van der Waals surface area contributed by atoms with Gasteiger partial charge in [0.15, 0.2) is 5.82 Å². The van der Waals surface area contributed by atoms with E-state index >= 15 is 0 Å². The van der Waals surface area contributed by atoms with Gasteiger partial charge in [0.05, 0.1) is 34.2 Å². The minimum Gasteiger partial charge on any atom is -0.255 e. The minimum atomic E-state index is 0.696. The van der Waals surface area contributed by atoms with Crippen molar-refractivity contribution in [3.63, 3.8) is 0 Å². The van der Waals surface area contributed by atoms with Crippen molar-refractivity contribution >= 4 is 0 Å². The highest BCUT2D eigenvalue weighted by molar-refractivity contribution is 5.78. The Morgan fingerprint density at radius 3 is 1.10 bits per heavy atom. The Labute approximate surface area is 279 Å². The first-order valence-corrected chi connectivity index (χ1v) is 15.8. The molecule has 4 aromatic carbocycles. The third-order valence-corrected chi connectivity index (χ3v) is 8.24. The first-order valence-electron chi connectivity index (χ1n) is 15.8. The molecule has 0 fully saturated rings. The van der Waals surface area contributed by atoms with E-state index in [-0.39, 0.29) is 0 Å². The summed E-state index contributed by atoms with van der Waals surface area (Å²) in [5.74, 6) is 0.696. The molecule has 0 saturated heterocycles. The van der Waals surface area contributed by atoms with Crippen LogP contribution >= 0.6 is 0 Å². The SMILES string of the molecule is c1ccc(-c2cc(-c3ccccc3)nc(-c3ccc(-c4ccc(-c5cc(-c6ccccn6)nc(-c6ccccn6)c5)cc4)cc3)n2)cc1. The molecule has 0 radical (unpaired) electrons. The maximum absolute atomic E-state index is 4.98. The predicted molar refractivity (Wildman–Crippen MR) is 193 cm³/mol. The fraction of sp³-hybridized carbons (Fsp3) is 0.